The Hall–Kier alpha value is -2.31. The van der Waals surface area contributed by atoms with Gasteiger partial charge in [-0.15, -0.1) is 0 Å². The summed E-state index contributed by atoms with van der Waals surface area (Å²) in [7, 11) is -3.01. The largest absolute Gasteiger partial charge is 0.468 e. The van der Waals surface area contributed by atoms with Gasteiger partial charge in [-0.05, 0) is 24.5 Å². The molecular weight excluding hydrogens is 493 g/mol. The highest BCUT2D eigenvalue weighted by Crippen LogP contribution is 2.46. The number of rotatable bonds is 11. The summed E-state index contributed by atoms with van der Waals surface area (Å²) in [6.07, 6.45) is -1.95. The number of aliphatic hydroxyl groups is 2. The normalized spacial score (nSPS) is 28.7. The fourth-order valence-electron chi connectivity index (χ4n) is 3.87. The molecule has 1 aromatic carbocycles. The van der Waals surface area contributed by atoms with Gasteiger partial charge in [-0.25, -0.2) is 4.57 Å². The fourth-order valence-corrected chi connectivity index (χ4v) is 5.39. The van der Waals surface area contributed by atoms with Crippen LogP contribution in [0.3, 0.4) is 0 Å². The van der Waals surface area contributed by atoms with Crippen LogP contribution in [-0.4, -0.2) is 77.3 Å². The number of para-hydroxylation sites is 1. The molecule has 2 aliphatic rings. The molecule has 200 valence electrons. The molecule has 0 aromatic heterocycles. The van der Waals surface area contributed by atoms with Crippen LogP contribution in [0, 0.1) is 5.92 Å². The second kappa shape index (κ2) is 12.3. The summed E-state index contributed by atoms with van der Waals surface area (Å²) < 4.78 is 35.5. The molecule has 7 atom stereocenters. The number of nitrogens with zero attached hydrogens (tertiary/aromatic N) is 1. The van der Waals surface area contributed by atoms with Crippen molar-refractivity contribution in [3.63, 3.8) is 0 Å². The lowest BCUT2D eigenvalue weighted by atomic mass is 10.1. The Bertz CT molecular complexity index is 977. The molecule has 0 bridgehead atoms. The lowest BCUT2D eigenvalue weighted by Gasteiger charge is -2.31. The van der Waals surface area contributed by atoms with Gasteiger partial charge in [-0.2, -0.15) is 5.09 Å². The van der Waals surface area contributed by atoms with E-state index in [-0.39, 0.29) is 30.4 Å². The molecule has 1 saturated heterocycles. The Labute approximate surface area is 209 Å². The zero-order valence-corrected chi connectivity index (χ0v) is 21.3. The molecule has 1 fully saturated rings. The monoisotopic (exact) mass is 527 g/mol. The van der Waals surface area contributed by atoms with Gasteiger partial charge in [0.2, 0.25) is 5.91 Å². The molecule has 0 saturated carbocycles. The van der Waals surface area contributed by atoms with E-state index < -0.39 is 56.9 Å². The van der Waals surface area contributed by atoms with E-state index in [4.69, 9.17) is 24.3 Å². The average Bonchev–Trinajstić information content (AvgIpc) is 3.11. The molecule has 5 N–H and O–H groups in total. The topological polar surface area (TPSA) is 170 Å². The molecule has 2 aliphatic heterocycles. The molecule has 0 aliphatic carbocycles. The van der Waals surface area contributed by atoms with E-state index in [1.54, 1.807) is 36.4 Å². The summed E-state index contributed by atoms with van der Waals surface area (Å²) in [6.45, 7) is 3.29. The van der Waals surface area contributed by atoms with Crippen LogP contribution in [0.2, 0.25) is 0 Å². The van der Waals surface area contributed by atoms with Crippen LogP contribution in [0.25, 0.3) is 0 Å². The SMILES string of the molecule is COC(=O)[C@H](CC(C)C)NP(=O)(OC[C@H]1O[C@@H](N2C=CC(N)CC2=O)[C@H](O)[C@@H]1O)Oc1ccccc1. The Morgan fingerprint density at radius 1 is 1.28 bits per heavy atom. The fraction of sp³-hybridized carbons (Fsp3) is 0.565. The number of amides is 1. The Kier molecular flexibility index (Phi) is 9.65. The minimum atomic E-state index is -4.23. The zero-order chi connectivity index (χ0) is 26.5. The molecule has 1 aromatic rings. The Morgan fingerprint density at radius 3 is 2.58 bits per heavy atom. The number of hydrogen-bond donors (Lipinski definition) is 4. The van der Waals surface area contributed by atoms with Crippen LogP contribution in [0.5, 0.6) is 5.75 Å². The second-order valence-corrected chi connectivity index (χ2v) is 10.8. The van der Waals surface area contributed by atoms with Gasteiger partial charge in [0.05, 0.1) is 13.7 Å². The smallest absolute Gasteiger partial charge is 0.459 e. The van der Waals surface area contributed by atoms with Crippen molar-refractivity contribution in [2.24, 2.45) is 11.7 Å². The number of aliphatic hydroxyl groups excluding tert-OH is 2. The number of methoxy groups -OCH3 is 1. The van der Waals surface area contributed by atoms with Crippen LogP contribution in [-0.2, 0) is 28.2 Å². The molecule has 2 heterocycles. The third-order valence-electron chi connectivity index (χ3n) is 5.69. The third kappa shape index (κ3) is 7.13. The lowest BCUT2D eigenvalue weighted by molar-refractivity contribution is -0.146. The van der Waals surface area contributed by atoms with Crippen LogP contribution in [0.4, 0.5) is 0 Å². The van der Waals surface area contributed by atoms with Gasteiger partial charge < -0.3 is 29.9 Å². The van der Waals surface area contributed by atoms with E-state index >= 15 is 0 Å². The van der Waals surface area contributed by atoms with Crippen LogP contribution in [0.1, 0.15) is 26.7 Å². The van der Waals surface area contributed by atoms with E-state index in [2.05, 4.69) is 5.09 Å². The quantitative estimate of drug-likeness (QED) is 0.238. The van der Waals surface area contributed by atoms with Gasteiger partial charge in [-0.3, -0.25) is 19.0 Å². The predicted octanol–water partition coefficient (Wildman–Crippen LogP) is 0.887. The van der Waals surface area contributed by atoms with Gasteiger partial charge in [0.15, 0.2) is 6.23 Å². The van der Waals surface area contributed by atoms with Crippen molar-refractivity contribution in [3.05, 3.63) is 42.6 Å². The summed E-state index contributed by atoms with van der Waals surface area (Å²) in [5.74, 6) is -0.763. The molecule has 1 amide bonds. The minimum absolute atomic E-state index is 0.0230. The van der Waals surface area contributed by atoms with Crippen LogP contribution in [0.15, 0.2) is 42.6 Å². The summed E-state index contributed by atoms with van der Waals surface area (Å²) >= 11 is 0. The molecule has 13 heteroatoms. The van der Waals surface area contributed by atoms with Crippen molar-refractivity contribution >= 4 is 19.6 Å². The number of hydrogen-bond acceptors (Lipinski definition) is 10. The summed E-state index contributed by atoms with van der Waals surface area (Å²) in [5, 5.41) is 23.7. The first-order chi connectivity index (χ1) is 17.0. The number of carbonyl (C=O) groups is 2. The van der Waals surface area contributed by atoms with Crippen molar-refractivity contribution in [2.75, 3.05) is 13.7 Å². The van der Waals surface area contributed by atoms with Gasteiger partial charge in [0.1, 0.15) is 30.1 Å². The maximum Gasteiger partial charge on any atom is 0.459 e. The van der Waals surface area contributed by atoms with Gasteiger partial charge >= 0.3 is 13.7 Å². The summed E-state index contributed by atoms with van der Waals surface area (Å²) in [6, 6.07) is 6.77. The first-order valence-corrected chi connectivity index (χ1v) is 13.2. The zero-order valence-electron chi connectivity index (χ0n) is 20.4. The van der Waals surface area contributed by atoms with Crippen molar-refractivity contribution in [1.82, 2.24) is 9.99 Å². The minimum Gasteiger partial charge on any atom is -0.468 e. The van der Waals surface area contributed by atoms with E-state index in [0.717, 1.165) is 4.90 Å². The number of benzene rings is 1. The molecule has 36 heavy (non-hydrogen) atoms. The van der Waals surface area contributed by atoms with Crippen LogP contribution < -0.4 is 15.3 Å². The number of ether oxygens (including phenoxy) is 2. The number of nitrogens with one attached hydrogen (secondary N) is 1. The first kappa shape index (κ1) is 28.3. The Balaban J connectivity index is 1.76. The number of esters is 1. The standard InChI is InChI=1S/C23H34N3O9P/c1-14(2)11-17(23(30)32-3)25-36(31,35-16-7-5-4-6-8-16)33-13-18-20(28)21(29)22(34-18)26-10-9-15(24)12-19(26)27/h4-10,14-15,17-18,20-22,28-29H,11-13,24H2,1-3H3,(H,25,31)/t15?,17-,18+,20+,21+,22+,36?/m0/s1. The van der Waals surface area contributed by atoms with Crippen molar-refractivity contribution in [2.45, 2.75) is 63.3 Å². The highest BCUT2D eigenvalue weighted by Gasteiger charge is 2.48. The highest BCUT2D eigenvalue weighted by molar-refractivity contribution is 7.52. The number of carbonyl (C=O) groups excluding carboxylic acids is 2. The second-order valence-electron chi connectivity index (χ2n) is 9.09. The van der Waals surface area contributed by atoms with Crippen molar-refractivity contribution in [3.8, 4) is 5.75 Å². The van der Waals surface area contributed by atoms with E-state index in [1.165, 1.54) is 13.3 Å². The first-order valence-electron chi connectivity index (χ1n) is 11.6. The summed E-state index contributed by atoms with van der Waals surface area (Å²) in [5.41, 5.74) is 5.74. The molecule has 0 radical (unpaired) electrons. The number of nitrogens with two attached hydrogens (primary N) is 1. The van der Waals surface area contributed by atoms with Gasteiger partial charge in [0, 0.05) is 18.7 Å². The predicted molar refractivity (Wildman–Crippen MR) is 128 cm³/mol. The average molecular weight is 528 g/mol. The lowest BCUT2D eigenvalue weighted by Crippen LogP contribution is -2.47. The van der Waals surface area contributed by atoms with E-state index in [9.17, 15) is 24.4 Å². The van der Waals surface area contributed by atoms with E-state index in [0.29, 0.717) is 0 Å². The summed E-state index contributed by atoms with van der Waals surface area (Å²) in [4.78, 5) is 25.8. The van der Waals surface area contributed by atoms with Crippen molar-refractivity contribution in [1.29, 1.82) is 0 Å². The van der Waals surface area contributed by atoms with E-state index in [1.807, 2.05) is 13.8 Å². The third-order valence-corrected chi connectivity index (χ3v) is 7.26. The highest BCUT2D eigenvalue weighted by atomic mass is 31.2. The van der Waals surface area contributed by atoms with Crippen LogP contribution >= 0.6 is 7.75 Å². The Morgan fingerprint density at radius 2 is 1.97 bits per heavy atom. The molecular formula is C23H34N3O9P. The molecule has 2 unspecified atom stereocenters. The molecule has 12 nitrogen and oxygen atoms in total. The van der Waals surface area contributed by atoms with Gasteiger partial charge in [-0.1, -0.05) is 38.1 Å². The molecule has 3 rings (SSSR count). The molecule has 0 spiro atoms. The van der Waals surface area contributed by atoms with Crippen molar-refractivity contribution < 1.29 is 42.9 Å². The maximum absolute atomic E-state index is 13.8. The van der Waals surface area contributed by atoms with Gasteiger partial charge in [0.25, 0.3) is 0 Å². The maximum atomic E-state index is 13.8.